The van der Waals surface area contributed by atoms with Gasteiger partial charge in [-0.1, -0.05) is 0 Å². The fourth-order valence-corrected chi connectivity index (χ4v) is 1.15. The van der Waals surface area contributed by atoms with Crippen molar-refractivity contribution >= 4 is 28.2 Å². The Hall–Kier alpha value is -1.08. The maximum absolute atomic E-state index is 11.0. The third-order valence-corrected chi connectivity index (χ3v) is 2.15. The first-order chi connectivity index (χ1) is 5.66. The average molecular weight is 234 g/mol. The molecule has 0 atom stereocenters. The van der Waals surface area contributed by atoms with Crippen molar-refractivity contribution in [3.05, 3.63) is 10.4 Å². The lowest BCUT2D eigenvalue weighted by Crippen LogP contribution is -2.44. The molecular weight excluding hydrogens is 226 g/mol. The van der Waals surface area contributed by atoms with Crippen molar-refractivity contribution < 1.29 is 4.79 Å². The lowest BCUT2D eigenvalue weighted by atomic mass is 10.5. The number of rotatable bonds is 0. The van der Waals surface area contributed by atoms with Crippen molar-refractivity contribution in [1.82, 2.24) is 10.3 Å². The SMILES string of the molecule is NNC(=O)N1CC=NC(N)=C1Br. The van der Waals surface area contributed by atoms with Crippen molar-refractivity contribution in [3.63, 3.8) is 0 Å². The Labute approximate surface area is 77.4 Å². The number of aliphatic imine (C=N–C) groups is 1. The highest BCUT2D eigenvalue weighted by Crippen LogP contribution is 2.17. The molecule has 0 aromatic heterocycles. The van der Waals surface area contributed by atoms with E-state index in [-0.39, 0.29) is 5.82 Å². The zero-order chi connectivity index (χ0) is 9.14. The molecule has 0 radical (unpaired) electrons. The molecule has 1 heterocycles. The summed E-state index contributed by atoms with van der Waals surface area (Å²) in [6.45, 7) is 0.352. The Morgan fingerprint density at radius 2 is 2.50 bits per heavy atom. The van der Waals surface area contributed by atoms with Crippen molar-refractivity contribution in [2.75, 3.05) is 6.54 Å². The molecule has 0 spiro atoms. The van der Waals surface area contributed by atoms with Crippen LogP contribution in [0.15, 0.2) is 15.4 Å². The highest BCUT2D eigenvalue weighted by Gasteiger charge is 2.19. The van der Waals surface area contributed by atoms with Gasteiger partial charge in [0, 0.05) is 6.21 Å². The molecule has 6 nitrogen and oxygen atoms in total. The van der Waals surface area contributed by atoms with Gasteiger partial charge in [-0.2, -0.15) is 0 Å². The van der Waals surface area contributed by atoms with E-state index in [1.165, 1.54) is 11.1 Å². The van der Waals surface area contributed by atoms with Gasteiger partial charge < -0.3 is 5.73 Å². The van der Waals surface area contributed by atoms with E-state index in [1.54, 1.807) is 0 Å². The van der Waals surface area contributed by atoms with Gasteiger partial charge in [-0.05, 0) is 15.9 Å². The summed E-state index contributed by atoms with van der Waals surface area (Å²) in [4.78, 5) is 16.2. The number of carbonyl (C=O) groups is 1. The summed E-state index contributed by atoms with van der Waals surface area (Å²) in [6, 6.07) is -0.434. The van der Waals surface area contributed by atoms with Crippen LogP contribution in [0, 0.1) is 0 Å². The van der Waals surface area contributed by atoms with E-state index >= 15 is 0 Å². The minimum absolute atomic E-state index is 0.254. The van der Waals surface area contributed by atoms with Crippen LogP contribution in [0.1, 0.15) is 0 Å². The average Bonchev–Trinajstić information content (AvgIpc) is 2.08. The van der Waals surface area contributed by atoms with Crippen LogP contribution >= 0.6 is 15.9 Å². The van der Waals surface area contributed by atoms with E-state index in [0.717, 1.165) is 0 Å². The number of nitrogens with one attached hydrogen (secondary N) is 1. The number of urea groups is 1. The lowest BCUT2D eigenvalue weighted by molar-refractivity contribution is 0.218. The zero-order valence-electron chi connectivity index (χ0n) is 6.12. The smallest absolute Gasteiger partial charge is 0.336 e. The maximum atomic E-state index is 11.0. The van der Waals surface area contributed by atoms with Gasteiger partial charge in [0.2, 0.25) is 0 Å². The standard InChI is InChI=1S/C5H8BrN5O/c6-3-4(7)9-1-2-11(3)5(12)10-8/h1H,2,7-8H2,(H,10,12). The minimum atomic E-state index is -0.434. The summed E-state index contributed by atoms with van der Waals surface area (Å²) >= 11 is 3.11. The fourth-order valence-electron chi connectivity index (χ4n) is 0.742. The van der Waals surface area contributed by atoms with E-state index in [0.29, 0.717) is 11.2 Å². The molecule has 0 bridgehead atoms. The molecule has 5 N–H and O–H groups in total. The zero-order valence-corrected chi connectivity index (χ0v) is 7.71. The minimum Gasteiger partial charge on any atom is -0.382 e. The molecule has 12 heavy (non-hydrogen) atoms. The van der Waals surface area contributed by atoms with Gasteiger partial charge in [0.05, 0.1) is 6.54 Å². The second-order valence-electron chi connectivity index (χ2n) is 2.05. The van der Waals surface area contributed by atoms with Crippen molar-refractivity contribution in [2.45, 2.75) is 0 Å². The second kappa shape index (κ2) is 3.55. The van der Waals surface area contributed by atoms with Crippen molar-refractivity contribution in [3.8, 4) is 0 Å². The van der Waals surface area contributed by atoms with Gasteiger partial charge in [0.15, 0.2) is 5.82 Å². The van der Waals surface area contributed by atoms with E-state index in [9.17, 15) is 4.79 Å². The predicted octanol–water partition coefficient (Wildman–Crippen LogP) is -0.564. The Kier molecular flexibility index (Phi) is 2.66. The number of amides is 2. The Morgan fingerprint density at radius 3 is 3.08 bits per heavy atom. The number of carbonyl (C=O) groups excluding carboxylic acids is 1. The van der Waals surface area contributed by atoms with Gasteiger partial charge in [-0.25, -0.2) is 15.6 Å². The summed E-state index contributed by atoms with van der Waals surface area (Å²) in [6.07, 6.45) is 1.52. The first kappa shape index (κ1) is 9.01. The Balaban J connectivity index is 2.83. The summed E-state index contributed by atoms with van der Waals surface area (Å²) in [7, 11) is 0. The van der Waals surface area contributed by atoms with E-state index in [2.05, 4.69) is 20.9 Å². The topological polar surface area (TPSA) is 96.7 Å². The monoisotopic (exact) mass is 233 g/mol. The molecule has 1 rings (SSSR count). The third-order valence-electron chi connectivity index (χ3n) is 1.31. The molecule has 0 aliphatic carbocycles. The molecule has 1 aliphatic rings. The molecule has 0 saturated carbocycles. The lowest BCUT2D eigenvalue weighted by Gasteiger charge is -2.22. The number of nitrogens with zero attached hydrogens (tertiary/aromatic N) is 2. The molecule has 0 saturated heterocycles. The fraction of sp³-hybridized carbons (Fsp3) is 0.200. The largest absolute Gasteiger partial charge is 0.382 e. The highest BCUT2D eigenvalue weighted by atomic mass is 79.9. The first-order valence-electron chi connectivity index (χ1n) is 3.12. The van der Waals surface area contributed by atoms with Crippen LogP contribution in [0.2, 0.25) is 0 Å². The van der Waals surface area contributed by atoms with Crippen LogP contribution in [0.4, 0.5) is 4.79 Å². The highest BCUT2D eigenvalue weighted by molar-refractivity contribution is 9.11. The van der Waals surface area contributed by atoms with Crippen LogP contribution in [-0.2, 0) is 0 Å². The molecule has 1 aliphatic heterocycles. The quantitative estimate of drug-likeness (QED) is 0.227. The Morgan fingerprint density at radius 1 is 1.83 bits per heavy atom. The summed E-state index contributed by atoms with van der Waals surface area (Å²) in [5, 5.41) is 0. The molecule has 2 amide bonds. The molecule has 7 heteroatoms. The second-order valence-corrected chi connectivity index (χ2v) is 2.80. The van der Waals surface area contributed by atoms with E-state index in [4.69, 9.17) is 11.6 Å². The van der Waals surface area contributed by atoms with Gasteiger partial charge >= 0.3 is 6.03 Å². The van der Waals surface area contributed by atoms with E-state index in [1.807, 2.05) is 5.43 Å². The van der Waals surface area contributed by atoms with Crippen LogP contribution in [0.25, 0.3) is 0 Å². The summed E-state index contributed by atoms with van der Waals surface area (Å²) in [5.41, 5.74) is 7.42. The summed E-state index contributed by atoms with van der Waals surface area (Å²) < 4.78 is 0.424. The van der Waals surface area contributed by atoms with Crippen LogP contribution in [0.3, 0.4) is 0 Å². The van der Waals surface area contributed by atoms with Gasteiger partial charge in [-0.3, -0.25) is 10.3 Å². The number of hydrogen-bond acceptors (Lipinski definition) is 4. The summed E-state index contributed by atoms with van der Waals surface area (Å²) in [5.74, 6) is 5.20. The van der Waals surface area contributed by atoms with Crippen molar-refractivity contribution in [1.29, 1.82) is 0 Å². The van der Waals surface area contributed by atoms with Gasteiger partial charge in [-0.15, -0.1) is 0 Å². The van der Waals surface area contributed by atoms with Crippen LogP contribution in [0.5, 0.6) is 0 Å². The maximum Gasteiger partial charge on any atom is 0.336 e. The molecule has 0 aromatic rings. The van der Waals surface area contributed by atoms with Crippen LogP contribution in [-0.4, -0.2) is 23.7 Å². The molecular formula is C5H8BrN5O. The molecule has 66 valence electrons. The number of hydrogen-bond donors (Lipinski definition) is 3. The molecule has 0 aromatic carbocycles. The Bertz CT molecular complexity index is 261. The number of nitrogens with two attached hydrogens (primary N) is 2. The van der Waals surface area contributed by atoms with Crippen molar-refractivity contribution in [2.24, 2.45) is 16.6 Å². The first-order valence-corrected chi connectivity index (χ1v) is 3.92. The third kappa shape index (κ3) is 1.56. The van der Waals surface area contributed by atoms with Gasteiger partial charge in [0.1, 0.15) is 4.61 Å². The van der Waals surface area contributed by atoms with Gasteiger partial charge in [0.25, 0.3) is 0 Å². The normalized spacial score (nSPS) is 16.7. The molecule has 0 fully saturated rings. The predicted molar refractivity (Wildman–Crippen MR) is 48.1 cm³/mol. The molecule has 0 unspecified atom stereocenters. The van der Waals surface area contributed by atoms with E-state index < -0.39 is 6.03 Å². The number of halogens is 1. The van der Waals surface area contributed by atoms with Crippen LogP contribution < -0.4 is 17.0 Å². The number of hydrazine groups is 1.